The van der Waals surface area contributed by atoms with Gasteiger partial charge in [-0.2, -0.15) is 8.42 Å². The number of rotatable bonds is 10. The van der Waals surface area contributed by atoms with Crippen LogP contribution in [0.3, 0.4) is 0 Å². The van der Waals surface area contributed by atoms with Crippen LogP contribution in [0.4, 0.5) is 0 Å². The highest BCUT2D eigenvalue weighted by molar-refractivity contribution is 7.80. The molecule has 0 aromatic heterocycles. The third-order valence-corrected chi connectivity index (χ3v) is 3.01. The first-order valence-corrected chi connectivity index (χ1v) is 8.46. The molecular weight excluding hydrogens is 252 g/mol. The third-order valence-electron chi connectivity index (χ3n) is 2.47. The maximum atomic E-state index is 9.56. The molecule has 0 bridgehead atoms. The van der Waals surface area contributed by atoms with E-state index in [1.807, 2.05) is 0 Å². The molecule has 1 N–H and O–H groups in total. The normalized spacial score (nSPS) is 10.9. The van der Waals surface area contributed by atoms with E-state index in [0.717, 1.165) is 0 Å². The Morgan fingerprint density at radius 2 is 1.11 bits per heavy atom. The van der Waals surface area contributed by atoms with Gasteiger partial charge < -0.3 is 0 Å². The summed E-state index contributed by atoms with van der Waals surface area (Å²) in [6, 6.07) is 0. The van der Waals surface area contributed by atoms with Crippen molar-refractivity contribution in [2.45, 2.75) is 78.6 Å². The standard InChI is InChI=1S/C11H24.C2H6O4S/c1-3-5-7-9-11-10-8-6-4-2;1-2-6-7(3,4)5/h3-11H2,1-2H3;2H2,1H3,(H,3,4,5). The van der Waals surface area contributed by atoms with Crippen LogP contribution in [0.1, 0.15) is 78.6 Å². The van der Waals surface area contributed by atoms with E-state index in [-0.39, 0.29) is 6.61 Å². The summed E-state index contributed by atoms with van der Waals surface area (Å²) in [6.07, 6.45) is 13.0. The summed E-state index contributed by atoms with van der Waals surface area (Å²) in [7, 11) is -4.17. The number of hydrogen-bond donors (Lipinski definition) is 1. The molecule has 5 heteroatoms. The number of hydrogen-bond acceptors (Lipinski definition) is 3. The lowest BCUT2D eigenvalue weighted by molar-refractivity contribution is 0.283. The largest absolute Gasteiger partial charge is 0.397 e. The Morgan fingerprint density at radius 1 is 0.778 bits per heavy atom. The molecule has 0 aliphatic heterocycles. The second-order valence-corrected chi connectivity index (χ2v) is 5.40. The van der Waals surface area contributed by atoms with Crippen molar-refractivity contribution in [2.75, 3.05) is 6.61 Å². The highest BCUT2D eigenvalue weighted by atomic mass is 32.3. The second-order valence-electron chi connectivity index (χ2n) is 4.31. The van der Waals surface area contributed by atoms with E-state index in [2.05, 4.69) is 18.0 Å². The minimum absolute atomic E-state index is 0.0289. The van der Waals surface area contributed by atoms with Crippen molar-refractivity contribution < 1.29 is 17.2 Å². The average Bonchev–Trinajstić information content (AvgIpc) is 2.27. The van der Waals surface area contributed by atoms with E-state index in [4.69, 9.17) is 4.55 Å². The summed E-state index contributed by atoms with van der Waals surface area (Å²) >= 11 is 0. The maximum absolute atomic E-state index is 9.56. The summed E-state index contributed by atoms with van der Waals surface area (Å²) in [4.78, 5) is 0. The lowest BCUT2D eigenvalue weighted by Crippen LogP contribution is -2.01. The Hall–Kier alpha value is -0.130. The van der Waals surface area contributed by atoms with Gasteiger partial charge in [-0.1, -0.05) is 71.6 Å². The van der Waals surface area contributed by atoms with Gasteiger partial charge in [0.2, 0.25) is 0 Å². The Kier molecular flexibility index (Phi) is 16.7. The zero-order valence-electron chi connectivity index (χ0n) is 12.2. The molecule has 0 rings (SSSR count). The van der Waals surface area contributed by atoms with Gasteiger partial charge in [-0.05, 0) is 6.92 Å². The lowest BCUT2D eigenvalue weighted by Gasteiger charge is -1.98. The molecular formula is C13H30O4S. The predicted octanol–water partition coefficient (Wildman–Crippen LogP) is 4.36. The maximum Gasteiger partial charge on any atom is 0.397 e. The molecule has 0 heterocycles. The lowest BCUT2D eigenvalue weighted by atomic mass is 10.1. The van der Waals surface area contributed by atoms with Gasteiger partial charge in [0.05, 0.1) is 6.61 Å². The van der Waals surface area contributed by atoms with Gasteiger partial charge in [0.25, 0.3) is 0 Å². The predicted molar refractivity (Wildman–Crippen MR) is 76.1 cm³/mol. The molecule has 0 aromatic carbocycles. The van der Waals surface area contributed by atoms with E-state index in [1.165, 1.54) is 64.7 Å². The van der Waals surface area contributed by atoms with Crippen LogP contribution in [0.15, 0.2) is 0 Å². The van der Waals surface area contributed by atoms with Crippen LogP contribution in [0.25, 0.3) is 0 Å². The molecule has 0 fully saturated rings. The first-order valence-electron chi connectivity index (χ1n) is 7.09. The molecule has 0 atom stereocenters. The summed E-state index contributed by atoms with van der Waals surface area (Å²) in [5.41, 5.74) is 0. The molecule has 0 aromatic rings. The van der Waals surface area contributed by atoms with E-state index in [1.54, 1.807) is 0 Å². The highest BCUT2D eigenvalue weighted by Crippen LogP contribution is 2.08. The van der Waals surface area contributed by atoms with Gasteiger partial charge in [-0.3, -0.25) is 4.55 Å². The zero-order chi connectivity index (χ0) is 14.3. The van der Waals surface area contributed by atoms with Crippen LogP contribution in [0.2, 0.25) is 0 Å². The Balaban J connectivity index is 0. The van der Waals surface area contributed by atoms with Crippen LogP contribution >= 0.6 is 0 Å². The molecule has 0 spiro atoms. The zero-order valence-corrected chi connectivity index (χ0v) is 13.0. The smallest absolute Gasteiger partial charge is 0.264 e. The van der Waals surface area contributed by atoms with Gasteiger partial charge in [0.15, 0.2) is 0 Å². The van der Waals surface area contributed by atoms with Crippen molar-refractivity contribution in [2.24, 2.45) is 0 Å². The summed E-state index contributed by atoms with van der Waals surface area (Å²) in [6.45, 7) is 5.99. The van der Waals surface area contributed by atoms with Crippen LogP contribution in [-0.2, 0) is 14.6 Å². The van der Waals surface area contributed by atoms with E-state index in [0.29, 0.717) is 0 Å². The Labute approximate surface area is 113 Å². The van der Waals surface area contributed by atoms with Gasteiger partial charge in [-0.15, -0.1) is 0 Å². The second kappa shape index (κ2) is 14.9. The summed E-state index contributed by atoms with van der Waals surface area (Å²) in [5.74, 6) is 0. The van der Waals surface area contributed by atoms with Crippen molar-refractivity contribution in [3.05, 3.63) is 0 Å². The molecule has 0 saturated heterocycles. The van der Waals surface area contributed by atoms with Gasteiger partial charge in [0, 0.05) is 0 Å². The highest BCUT2D eigenvalue weighted by Gasteiger charge is 1.98. The van der Waals surface area contributed by atoms with E-state index < -0.39 is 10.4 Å². The molecule has 0 saturated carbocycles. The molecule has 4 nitrogen and oxygen atoms in total. The van der Waals surface area contributed by atoms with Crippen LogP contribution in [0.5, 0.6) is 0 Å². The molecule has 0 unspecified atom stereocenters. The third kappa shape index (κ3) is 24.9. The first kappa shape index (κ1) is 20.2. The molecule has 0 amide bonds. The van der Waals surface area contributed by atoms with Crippen LogP contribution in [-0.4, -0.2) is 19.6 Å². The van der Waals surface area contributed by atoms with Gasteiger partial charge in [-0.25, -0.2) is 4.18 Å². The van der Waals surface area contributed by atoms with E-state index >= 15 is 0 Å². The summed E-state index contributed by atoms with van der Waals surface area (Å²) in [5, 5.41) is 0. The van der Waals surface area contributed by atoms with Crippen molar-refractivity contribution in [3.8, 4) is 0 Å². The van der Waals surface area contributed by atoms with Crippen molar-refractivity contribution in [1.82, 2.24) is 0 Å². The van der Waals surface area contributed by atoms with Crippen molar-refractivity contribution in [1.29, 1.82) is 0 Å². The van der Waals surface area contributed by atoms with Crippen molar-refractivity contribution >= 4 is 10.4 Å². The van der Waals surface area contributed by atoms with Gasteiger partial charge >= 0.3 is 10.4 Å². The SMILES string of the molecule is CCCCCCCCCCC.CCOS(=O)(=O)O. The average molecular weight is 282 g/mol. The fraction of sp³-hybridized carbons (Fsp3) is 1.00. The minimum Gasteiger partial charge on any atom is -0.264 e. The summed E-state index contributed by atoms with van der Waals surface area (Å²) < 4.78 is 30.7. The fourth-order valence-corrected chi connectivity index (χ4v) is 1.83. The molecule has 112 valence electrons. The molecule has 18 heavy (non-hydrogen) atoms. The van der Waals surface area contributed by atoms with Crippen LogP contribution in [0, 0.1) is 0 Å². The quantitative estimate of drug-likeness (QED) is 0.477. The first-order chi connectivity index (χ1) is 8.47. The fourth-order valence-electron chi connectivity index (χ4n) is 1.53. The van der Waals surface area contributed by atoms with Gasteiger partial charge in [0.1, 0.15) is 0 Å². The Morgan fingerprint density at radius 3 is 1.28 bits per heavy atom. The monoisotopic (exact) mass is 282 g/mol. The minimum atomic E-state index is -4.17. The molecule has 0 radical (unpaired) electrons. The Bertz CT molecular complexity index is 229. The molecule has 0 aliphatic carbocycles. The number of unbranched alkanes of at least 4 members (excludes halogenated alkanes) is 8. The van der Waals surface area contributed by atoms with Crippen LogP contribution < -0.4 is 0 Å². The van der Waals surface area contributed by atoms with E-state index in [9.17, 15) is 8.42 Å². The molecule has 0 aliphatic rings. The topological polar surface area (TPSA) is 63.6 Å². The van der Waals surface area contributed by atoms with Crippen molar-refractivity contribution in [3.63, 3.8) is 0 Å².